The summed E-state index contributed by atoms with van der Waals surface area (Å²) in [7, 11) is 0. The van der Waals surface area contributed by atoms with E-state index in [1.807, 2.05) is 36.4 Å². The largest absolute Gasteiger partial charge is 0.0985 e. The Balaban J connectivity index is 0.000000145. The molecule has 0 heteroatoms. The maximum absolute atomic E-state index is 3.63. The fourth-order valence-corrected chi connectivity index (χ4v) is 0.982. The van der Waals surface area contributed by atoms with E-state index in [1.54, 1.807) is 0 Å². The minimum Gasteiger partial charge on any atom is -0.0985 e. The van der Waals surface area contributed by atoms with Crippen LogP contribution in [0.15, 0.2) is 61.2 Å². The third kappa shape index (κ3) is 4.12. The summed E-state index contributed by atoms with van der Waals surface area (Å²) >= 11 is 0. The minimum absolute atomic E-state index is 1.14. The highest BCUT2D eigenvalue weighted by Gasteiger charge is 1.75. The van der Waals surface area contributed by atoms with Gasteiger partial charge in [0.05, 0.1) is 0 Å². The number of benzene rings is 1. The van der Waals surface area contributed by atoms with Crippen molar-refractivity contribution in [2.45, 2.75) is 6.42 Å². The van der Waals surface area contributed by atoms with Gasteiger partial charge in [0.25, 0.3) is 0 Å². The molecule has 0 radical (unpaired) electrons. The van der Waals surface area contributed by atoms with Crippen LogP contribution < -0.4 is 0 Å². The monoisotopic (exact) mass is 170 g/mol. The van der Waals surface area contributed by atoms with E-state index in [1.165, 1.54) is 5.56 Å². The van der Waals surface area contributed by atoms with Gasteiger partial charge in [-0.25, -0.2) is 0 Å². The molecule has 0 saturated carbocycles. The van der Waals surface area contributed by atoms with Crippen molar-refractivity contribution in [2.75, 3.05) is 0 Å². The third-order valence-electron chi connectivity index (χ3n) is 1.69. The maximum atomic E-state index is 3.63. The second-order valence-corrected chi connectivity index (χ2v) is 2.71. The van der Waals surface area contributed by atoms with Gasteiger partial charge >= 0.3 is 0 Å². The summed E-state index contributed by atoms with van der Waals surface area (Å²) in [6.07, 6.45) is 11.3. The molecule has 0 fully saturated rings. The molecule has 1 aromatic rings. The fraction of sp³-hybridized carbons (Fsp3) is 0.0769. The quantitative estimate of drug-likeness (QED) is 0.600. The van der Waals surface area contributed by atoms with Crippen molar-refractivity contribution in [1.29, 1.82) is 0 Å². The summed E-state index contributed by atoms with van der Waals surface area (Å²) in [5.41, 5.74) is 1.17. The van der Waals surface area contributed by atoms with Crippen molar-refractivity contribution in [3.05, 3.63) is 66.8 Å². The highest BCUT2D eigenvalue weighted by molar-refractivity contribution is 5.45. The smallest absolute Gasteiger partial charge is 0.0163 e. The predicted octanol–water partition coefficient (Wildman–Crippen LogP) is 3.83. The molecular weight excluding hydrogens is 156 g/mol. The molecule has 0 unspecified atom stereocenters. The van der Waals surface area contributed by atoms with Crippen LogP contribution in [0.5, 0.6) is 0 Å². The second kappa shape index (κ2) is 6.01. The van der Waals surface area contributed by atoms with Gasteiger partial charge in [-0.15, -0.1) is 0 Å². The number of hydrogen-bond donors (Lipinski definition) is 0. The molecule has 0 amide bonds. The highest BCUT2D eigenvalue weighted by atomic mass is 13.8. The number of allylic oxidation sites excluding steroid dienone is 4. The number of rotatable bonds is 1. The lowest BCUT2D eigenvalue weighted by atomic mass is 10.2. The van der Waals surface area contributed by atoms with E-state index < -0.39 is 0 Å². The molecular formula is C13H14. The van der Waals surface area contributed by atoms with E-state index >= 15 is 0 Å². The second-order valence-electron chi connectivity index (χ2n) is 2.71. The van der Waals surface area contributed by atoms with E-state index in [0.29, 0.717) is 0 Å². The standard InChI is InChI=1S/C8H8.C5H6/c1-2-8-6-4-3-5-7-8;1-2-4-5-3-1/h2-7H,1H2;1-4H,5H2. The SMILES string of the molecule is C1=CCC=C1.C=Cc1ccccc1. The van der Waals surface area contributed by atoms with Gasteiger partial charge in [0.15, 0.2) is 0 Å². The first-order chi connectivity index (χ1) is 6.43. The Morgan fingerprint density at radius 2 is 1.62 bits per heavy atom. The molecule has 0 atom stereocenters. The molecule has 0 bridgehead atoms. The average Bonchev–Trinajstić information content (AvgIpc) is 2.77. The van der Waals surface area contributed by atoms with E-state index in [9.17, 15) is 0 Å². The summed E-state index contributed by atoms with van der Waals surface area (Å²) in [4.78, 5) is 0. The summed E-state index contributed by atoms with van der Waals surface area (Å²) in [6.45, 7) is 3.63. The van der Waals surface area contributed by atoms with Crippen LogP contribution in [0.1, 0.15) is 12.0 Å². The zero-order valence-corrected chi connectivity index (χ0v) is 7.69. The lowest BCUT2D eigenvalue weighted by Crippen LogP contribution is -1.63. The van der Waals surface area contributed by atoms with Crippen molar-refractivity contribution < 1.29 is 0 Å². The van der Waals surface area contributed by atoms with E-state index in [-0.39, 0.29) is 0 Å². The highest BCUT2D eigenvalue weighted by Crippen LogP contribution is 1.97. The van der Waals surface area contributed by atoms with Gasteiger partial charge < -0.3 is 0 Å². The molecule has 13 heavy (non-hydrogen) atoms. The summed E-state index contributed by atoms with van der Waals surface area (Å²) in [5, 5.41) is 0. The van der Waals surface area contributed by atoms with Crippen molar-refractivity contribution in [1.82, 2.24) is 0 Å². The fourth-order valence-electron chi connectivity index (χ4n) is 0.982. The normalized spacial score (nSPS) is 12.0. The Hall–Kier alpha value is -1.56. The van der Waals surface area contributed by atoms with Crippen LogP contribution in [0.2, 0.25) is 0 Å². The predicted molar refractivity (Wildman–Crippen MR) is 59.4 cm³/mol. The van der Waals surface area contributed by atoms with Gasteiger partial charge in [-0.05, 0) is 12.0 Å². The first kappa shape index (κ1) is 9.53. The lowest BCUT2D eigenvalue weighted by molar-refractivity contribution is 1.45. The minimum atomic E-state index is 1.14. The van der Waals surface area contributed by atoms with Crippen molar-refractivity contribution in [3.8, 4) is 0 Å². The van der Waals surface area contributed by atoms with Crippen LogP contribution in [0.3, 0.4) is 0 Å². The first-order valence-corrected chi connectivity index (χ1v) is 4.42. The molecule has 0 nitrogen and oxygen atoms in total. The molecule has 2 rings (SSSR count). The van der Waals surface area contributed by atoms with Crippen LogP contribution in [-0.4, -0.2) is 0 Å². The van der Waals surface area contributed by atoms with Crippen LogP contribution in [0, 0.1) is 0 Å². The maximum Gasteiger partial charge on any atom is -0.0163 e. The van der Waals surface area contributed by atoms with Gasteiger partial charge in [-0.2, -0.15) is 0 Å². The van der Waals surface area contributed by atoms with E-state index in [4.69, 9.17) is 0 Å². The Kier molecular flexibility index (Phi) is 4.41. The Bertz CT molecular complexity index is 281. The van der Waals surface area contributed by atoms with Crippen LogP contribution >= 0.6 is 0 Å². The Morgan fingerprint density at radius 3 is 1.92 bits per heavy atom. The Morgan fingerprint density at radius 1 is 1.00 bits per heavy atom. The molecule has 66 valence electrons. The first-order valence-electron chi connectivity index (χ1n) is 4.42. The number of hydrogen-bond acceptors (Lipinski definition) is 0. The van der Waals surface area contributed by atoms with Gasteiger partial charge in [-0.3, -0.25) is 0 Å². The summed E-state index contributed by atoms with van der Waals surface area (Å²) < 4.78 is 0. The summed E-state index contributed by atoms with van der Waals surface area (Å²) in [6, 6.07) is 10.0. The van der Waals surface area contributed by atoms with Gasteiger partial charge in [0, 0.05) is 0 Å². The van der Waals surface area contributed by atoms with Crippen LogP contribution in [0.25, 0.3) is 6.08 Å². The molecule has 0 heterocycles. The average molecular weight is 170 g/mol. The lowest BCUT2D eigenvalue weighted by Gasteiger charge is -1.85. The molecule has 1 aromatic carbocycles. The van der Waals surface area contributed by atoms with Crippen molar-refractivity contribution in [3.63, 3.8) is 0 Å². The van der Waals surface area contributed by atoms with Crippen LogP contribution in [-0.2, 0) is 0 Å². The van der Waals surface area contributed by atoms with Crippen LogP contribution in [0.4, 0.5) is 0 Å². The van der Waals surface area contributed by atoms with E-state index in [0.717, 1.165) is 6.42 Å². The zero-order valence-electron chi connectivity index (χ0n) is 7.69. The van der Waals surface area contributed by atoms with Gasteiger partial charge in [0.1, 0.15) is 0 Å². The molecule has 0 aliphatic heterocycles. The van der Waals surface area contributed by atoms with Crippen molar-refractivity contribution in [2.24, 2.45) is 0 Å². The Labute approximate surface area is 79.9 Å². The zero-order chi connectivity index (χ0) is 9.36. The third-order valence-corrected chi connectivity index (χ3v) is 1.69. The molecule has 0 saturated heterocycles. The van der Waals surface area contributed by atoms with E-state index in [2.05, 4.69) is 30.9 Å². The molecule has 1 aliphatic rings. The molecule has 1 aliphatic carbocycles. The van der Waals surface area contributed by atoms with Crippen molar-refractivity contribution >= 4 is 6.08 Å². The molecule has 0 spiro atoms. The topological polar surface area (TPSA) is 0 Å². The molecule has 0 N–H and O–H groups in total. The van der Waals surface area contributed by atoms with Gasteiger partial charge in [-0.1, -0.05) is 67.3 Å². The summed E-state index contributed by atoms with van der Waals surface area (Å²) in [5.74, 6) is 0. The molecule has 0 aromatic heterocycles. The van der Waals surface area contributed by atoms with Gasteiger partial charge in [0.2, 0.25) is 0 Å².